The average Bonchev–Trinajstić information content (AvgIpc) is 3.24. The number of hydrogen-bond acceptors (Lipinski definition) is 7. The molecule has 0 radical (unpaired) electrons. The van der Waals surface area contributed by atoms with Gasteiger partial charge in [-0.2, -0.15) is 10.2 Å². The Hall–Kier alpha value is -3.79. The maximum atomic E-state index is 13.0. The van der Waals surface area contributed by atoms with Crippen LogP contribution in [0.1, 0.15) is 26.5 Å². The summed E-state index contributed by atoms with van der Waals surface area (Å²) in [5.74, 6) is 0.646. The summed E-state index contributed by atoms with van der Waals surface area (Å²) in [5.41, 5.74) is 0.710. The van der Waals surface area contributed by atoms with Crippen LogP contribution in [0.5, 0.6) is 5.75 Å². The standard InChI is InChI=1S/C26H27N5O4S/c1-26(2,3)35-25(33)30-11-12-34-23-8-6-20(14-22(23)30)36-19-5-7-21-17(13-19)15-27-31(24(21)32)16-18-9-10-29(4)28-18/h5-10,13-15H,11-12,16H2,1-4H3. The van der Waals surface area contributed by atoms with E-state index in [1.54, 1.807) is 15.8 Å². The van der Waals surface area contributed by atoms with Crippen LogP contribution in [0.25, 0.3) is 10.8 Å². The molecule has 36 heavy (non-hydrogen) atoms. The van der Waals surface area contributed by atoms with Crippen LogP contribution in [0.2, 0.25) is 0 Å². The highest BCUT2D eigenvalue weighted by molar-refractivity contribution is 7.99. The van der Waals surface area contributed by atoms with Crippen molar-refractivity contribution in [3.05, 3.63) is 70.9 Å². The van der Waals surface area contributed by atoms with Crippen LogP contribution in [0.4, 0.5) is 10.5 Å². The Labute approximate surface area is 212 Å². The van der Waals surface area contributed by atoms with Gasteiger partial charge in [-0.1, -0.05) is 11.8 Å². The predicted molar refractivity (Wildman–Crippen MR) is 138 cm³/mol. The van der Waals surface area contributed by atoms with Crippen LogP contribution in [0.3, 0.4) is 0 Å². The molecule has 0 fully saturated rings. The van der Waals surface area contributed by atoms with Crippen LogP contribution in [0.15, 0.2) is 69.4 Å². The van der Waals surface area contributed by atoms with Crippen molar-refractivity contribution in [3.8, 4) is 5.75 Å². The molecule has 10 heteroatoms. The van der Waals surface area contributed by atoms with Crippen molar-refractivity contribution in [1.82, 2.24) is 19.6 Å². The summed E-state index contributed by atoms with van der Waals surface area (Å²) < 4.78 is 14.5. The molecule has 2 aromatic carbocycles. The topological polar surface area (TPSA) is 91.5 Å². The Morgan fingerprint density at radius 1 is 1.14 bits per heavy atom. The molecule has 3 heterocycles. The highest BCUT2D eigenvalue weighted by atomic mass is 32.2. The summed E-state index contributed by atoms with van der Waals surface area (Å²) in [5, 5.41) is 10.0. The minimum absolute atomic E-state index is 0.159. The lowest BCUT2D eigenvalue weighted by molar-refractivity contribution is 0.0567. The molecule has 5 rings (SSSR count). The molecule has 0 unspecified atom stereocenters. The number of aryl methyl sites for hydroxylation is 1. The van der Waals surface area contributed by atoms with Crippen molar-refractivity contribution in [1.29, 1.82) is 0 Å². The number of carbonyl (C=O) groups is 1. The lowest BCUT2D eigenvalue weighted by atomic mass is 10.2. The summed E-state index contributed by atoms with van der Waals surface area (Å²) >= 11 is 1.53. The number of benzene rings is 2. The number of amides is 1. The maximum absolute atomic E-state index is 13.0. The first-order valence-electron chi connectivity index (χ1n) is 11.6. The molecule has 0 aliphatic carbocycles. The van der Waals surface area contributed by atoms with E-state index in [-0.39, 0.29) is 5.56 Å². The van der Waals surface area contributed by atoms with Gasteiger partial charge in [-0.15, -0.1) is 0 Å². The van der Waals surface area contributed by atoms with E-state index in [2.05, 4.69) is 10.2 Å². The fraction of sp³-hybridized carbons (Fsp3) is 0.308. The van der Waals surface area contributed by atoms with E-state index in [0.29, 0.717) is 36.5 Å². The van der Waals surface area contributed by atoms with Gasteiger partial charge in [-0.3, -0.25) is 14.4 Å². The molecule has 0 spiro atoms. The Morgan fingerprint density at radius 3 is 2.67 bits per heavy atom. The van der Waals surface area contributed by atoms with Crippen LogP contribution in [-0.4, -0.2) is 44.4 Å². The van der Waals surface area contributed by atoms with E-state index in [0.717, 1.165) is 20.9 Å². The molecule has 0 saturated carbocycles. The molecule has 186 valence electrons. The number of carbonyl (C=O) groups excluding carboxylic acids is 1. The summed E-state index contributed by atoms with van der Waals surface area (Å²) in [4.78, 5) is 29.2. The zero-order chi connectivity index (χ0) is 25.4. The van der Waals surface area contributed by atoms with E-state index in [4.69, 9.17) is 9.47 Å². The fourth-order valence-corrected chi connectivity index (χ4v) is 4.85. The summed E-state index contributed by atoms with van der Waals surface area (Å²) in [6.45, 7) is 6.69. The Kier molecular flexibility index (Phi) is 6.21. The number of rotatable bonds is 4. The second-order valence-corrected chi connectivity index (χ2v) is 10.7. The van der Waals surface area contributed by atoms with Gasteiger partial charge in [0.1, 0.15) is 18.0 Å². The summed E-state index contributed by atoms with van der Waals surface area (Å²) in [6, 6.07) is 13.3. The lowest BCUT2D eigenvalue weighted by Crippen LogP contribution is -2.41. The molecule has 1 aliphatic heterocycles. The van der Waals surface area contributed by atoms with Gasteiger partial charge in [0.15, 0.2) is 0 Å². The molecule has 0 atom stereocenters. The average molecular weight is 506 g/mol. The van der Waals surface area contributed by atoms with E-state index >= 15 is 0 Å². The van der Waals surface area contributed by atoms with E-state index in [1.807, 2.05) is 76.5 Å². The molecule has 0 saturated heterocycles. The SMILES string of the molecule is Cn1ccc(Cn2ncc3cc(Sc4ccc5c(c4)N(C(=O)OC(C)(C)C)CCO5)ccc3c2=O)n1. The highest BCUT2D eigenvalue weighted by Gasteiger charge is 2.28. The van der Waals surface area contributed by atoms with Crippen LogP contribution >= 0.6 is 11.8 Å². The Morgan fingerprint density at radius 2 is 1.92 bits per heavy atom. The highest BCUT2D eigenvalue weighted by Crippen LogP contribution is 2.38. The smallest absolute Gasteiger partial charge is 0.415 e. The first-order chi connectivity index (χ1) is 17.2. The first-order valence-corrected chi connectivity index (χ1v) is 12.4. The number of anilines is 1. The number of hydrogen-bond donors (Lipinski definition) is 0. The quantitative estimate of drug-likeness (QED) is 0.404. The molecule has 0 bridgehead atoms. The number of aromatic nitrogens is 4. The zero-order valence-electron chi connectivity index (χ0n) is 20.6. The van der Waals surface area contributed by atoms with Crippen LogP contribution in [-0.2, 0) is 18.3 Å². The van der Waals surface area contributed by atoms with Gasteiger partial charge < -0.3 is 9.47 Å². The largest absolute Gasteiger partial charge is 0.490 e. The monoisotopic (exact) mass is 505 g/mol. The Bertz CT molecular complexity index is 1500. The van der Waals surface area contributed by atoms with Gasteiger partial charge in [-0.05, 0) is 63.2 Å². The van der Waals surface area contributed by atoms with Crippen molar-refractivity contribution in [2.24, 2.45) is 7.05 Å². The molecule has 9 nitrogen and oxygen atoms in total. The second-order valence-electron chi connectivity index (χ2n) is 9.55. The molecule has 4 aromatic rings. The number of nitrogens with zero attached hydrogens (tertiary/aromatic N) is 5. The predicted octanol–water partition coefficient (Wildman–Crippen LogP) is 4.46. The molecule has 2 aromatic heterocycles. The summed E-state index contributed by atoms with van der Waals surface area (Å²) in [6.07, 6.45) is 3.15. The van der Waals surface area contributed by atoms with Gasteiger partial charge in [-0.25, -0.2) is 9.48 Å². The normalized spacial score (nSPS) is 13.4. The lowest BCUT2D eigenvalue weighted by Gasteiger charge is -2.31. The van der Waals surface area contributed by atoms with E-state index in [9.17, 15) is 9.59 Å². The van der Waals surface area contributed by atoms with Gasteiger partial charge in [0, 0.05) is 28.4 Å². The van der Waals surface area contributed by atoms with Crippen molar-refractivity contribution >= 4 is 34.3 Å². The minimum Gasteiger partial charge on any atom is -0.490 e. The van der Waals surface area contributed by atoms with Crippen LogP contribution < -0.4 is 15.2 Å². The van der Waals surface area contributed by atoms with Gasteiger partial charge >= 0.3 is 6.09 Å². The third kappa shape index (κ3) is 5.08. The third-order valence-electron chi connectivity index (χ3n) is 5.55. The molecular weight excluding hydrogens is 478 g/mol. The van der Waals surface area contributed by atoms with Gasteiger partial charge in [0.2, 0.25) is 0 Å². The van der Waals surface area contributed by atoms with Crippen molar-refractivity contribution in [2.45, 2.75) is 42.7 Å². The Balaban J connectivity index is 1.39. The van der Waals surface area contributed by atoms with Crippen LogP contribution in [0, 0.1) is 0 Å². The number of ether oxygens (including phenoxy) is 2. The van der Waals surface area contributed by atoms with Gasteiger partial charge in [0.25, 0.3) is 5.56 Å². The fourth-order valence-electron chi connectivity index (χ4n) is 3.95. The first kappa shape index (κ1) is 23.9. The molecular formula is C26H27N5O4S. The van der Waals surface area contributed by atoms with E-state index < -0.39 is 11.7 Å². The number of fused-ring (bicyclic) bond motifs is 2. The van der Waals surface area contributed by atoms with E-state index in [1.165, 1.54) is 16.4 Å². The summed E-state index contributed by atoms with van der Waals surface area (Å²) in [7, 11) is 1.84. The van der Waals surface area contributed by atoms with Crippen molar-refractivity contribution in [2.75, 3.05) is 18.1 Å². The zero-order valence-corrected chi connectivity index (χ0v) is 21.4. The second kappa shape index (κ2) is 9.34. The molecule has 1 aliphatic rings. The maximum Gasteiger partial charge on any atom is 0.415 e. The minimum atomic E-state index is -0.586. The van der Waals surface area contributed by atoms with Crippen molar-refractivity contribution < 1.29 is 14.3 Å². The third-order valence-corrected chi connectivity index (χ3v) is 6.53. The molecule has 1 amide bonds. The van der Waals surface area contributed by atoms with Crippen molar-refractivity contribution in [3.63, 3.8) is 0 Å². The van der Waals surface area contributed by atoms with Gasteiger partial charge in [0.05, 0.1) is 36.1 Å². The molecule has 0 N–H and O–H groups in total.